The topological polar surface area (TPSA) is 40.1 Å². The number of fused-ring (bicyclic) bond motifs is 5. The summed E-state index contributed by atoms with van der Waals surface area (Å²) in [6, 6.07) is 0. The molecule has 4 unspecified atom stereocenters. The summed E-state index contributed by atoms with van der Waals surface area (Å²) in [7, 11) is 4.27. The Balaban J connectivity index is 1.64. The number of rotatable bonds is 5. The van der Waals surface area contributed by atoms with Gasteiger partial charge < -0.3 is 19.9 Å². The van der Waals surface area contributed by atoms with Crippen molar-refractivity contribution in [2.45, 2.75) is 45.8 Å². The number of nitrogens with zero attached hydrogens (tertiary/aromatic N) is 3. The van der Waals surface area contributed by atoms with Crippen LogP contribution in [0.2, 0.25) is 0 Å². The molecule has 3 aliphatic rings. The molecule has 4 atom stereocenters. The minimum atomic E-state index is 0.196. The van der Waals surface area contributed by atoms with Crippen LogP contribution in [0.4, 0.5) is 0 Å². The SMILES string of the molecule is CCNC(=NCC(C)(C)CN(C)C)N1CC2C3CCC(O3)C2C1. The molecule has 2 bridgehead atoms. The van der Waals surface area contributed by atoms with E-state index in [-0.39, 0.29) is 5.41 Å². The van der Waals surface area contributed by atoms with Crippen LogP contribution < -0.4 is 5.32 Å². The molecule has 23 heavy (non-hydrogen) atoms. The number of hydrogen-bond donors (Lipinski definition) is 1. The Hall–Kier alpha value is -0.810. The van der Waals surface area contributed by atoms with Crippen molar-refractivity contribution < 1.29 is 4.74 Å². The summed E-state index contributed by atoms with van der Waals surface area (Å²) in [5.41, 5.74) is 0.196. The lowest BCUT2D eigenvalue weighted by molar-refractivity contribution is 0.0767. The molecule has 3 rings (SSSR count). The lowest BCUT2D eigenvalue weighted by Gasteiger charge is -2.28. The second kappa shape index (κ2) is 6.60. The normalized spacial score (nSPS) is 33.7. The van der Waals surface area contributed by atoms with Crippen LogP contribution in [0.25, 0.3) is 0 Å². The fourth-order valence-corrected chi connectivity index (χ4v) is 4.75. The van der Waals surface area contributed by atoms with E-state index in [1.54, 1.807) is 0 Å². The Morgan fingerprint density at radius 1 is 1.22 bits per heavy atom. The van der Waals surface area contributed by atoms with Crippen LogP contribution in [-0.4, -0.2) is 74.8 Å². The number of likely N-dealkylation sites (tertiary alicyclic amines) is 1. The second-order valence-electron chi connectivity index (χ2n) is 8.60. The molecular formula is C18H34N4O. The molecule has 1 N–H and O–H groups in total. The van der Waals surface area contributed by atoms with E-state index >= 15 is 0 Å². The maximum absolute atomic E-state index is 6.09. The van der Waals surface area contributed by atoms with Crippen LogP contribution >= 0.6 is 0 Å². The van der Waals surface area contributed by atoms with Gasteiger partial charge in [0.25, 0.3) is 0 Å². The van der Waals surface area contributed by atoms with E-state index < -0.39 is 0 Å². The molecule has 0 aliphatic carbocycles. The highest BCUT2D eigenvalue weighted by Gasteiger charge is 2.53. The number of hydrogen-bond acceptors (Lipinski definition) is 3. The molecule has 0 radical (unpaired) electrons. The largest absolute Gasteiger partial charge is 0.374 e. The molecule has 3 aliphatic heterocycles. The third kappa shape index (κ3) is 3.66. The first-order chi connectivity index (χ1) is 10.9. The van der Waals surface area contributed by atoms with E-state index in [1.807, 2.05) is 0 Å². The zero-order valence-electron chi connectivity index (χ0n) is 15.5. The lowest BCUT2D eigenvalue weighted by atomic mass is 9.82. The van der Waals surface area contributed by atoms with Crippen molar-refractivity contribution in [2.24, 2.45) is 22.2 Å². The average molecular weight is 322 g/mol. The molecule has 3 saturated heterocycles. The number of guanidine groups is 1. The zero-order chi connectivity index (χ0) is 16.6. The van der Waals surface area contributed by atoms with Crippen molar-refractivity contribution in [3.8, 4) is 0 Å². The van der Waals surface area contributed by atoms with Gasteiger partial charge in [0.1, 0.15) is 0 Å². The minimum absolute atomic E-state index is 0.196. The predicted molar refractivity (Wildman–Crippen MR) is 94.8 cm³/mol. The van der Waals surface area contributed by atoms with Crippen LogP contribution in [0.1, 0.15) is 33.6 Å². The highest BCUT2D eigenvalue weighted by atomic mass is 16.5. The maximum Gasteiger partial charge on any atom is 0.193 e. The molecule has 5 heteroatoms. The van der Waals surface area contributed by atoms with Gasteiger partial charge >= 0.3 is 0 Å². The Morgan fingerprint density at radius 2 is 1.83 bits per heavy atom. The van der Waals surface area contributed by atoms with Crippen LogP contribution in [0.15, 0.2) is 4.99 Å². The molecule has 0 saturated carbocycles. The van der Waals surface area contributed by atoms with E-state index in [0.717, 1.165) is 50.5 Å². The number of aliphatic imine (C=N–C) groups is 1. The molecule has 3 fully saturated rings. The molecule has 0 amide bonds. The molecule has 0 aromatic carbocycles. The highest BCUT2D eigenvalue weighted by molar-refractivity contribution is 5.80. The van der Waals surface area contributed by atoms with E-state index in [0.29, 0.717) is 12.2 Å². The predicted octanol–water partition coefficient (Wildman–Crippen LogP) is 1.65. The summed E-state index contributed by atoms with van der Waals surface area (Å²) in [6.45, 7) is 11.8. The van der Waals surface area contributed by atoms with Crippen molar-refractivity contribution >= 4 is 5.96 Å². The van der Waals surface area contributed by atoms with Crippen LogP contribution in [-0.2, 0) is 4.74 Å². The first-order valence-corrected chi connectivity index (χ1v) is 9.23. The molecule has 0 spiro atoms. The molecule has 132 valence electrons. The molecule has 5 nitrogen and oxygen atoms in total. The summed E-state index contributed by atoms with van der Waals surface area (Å²) < 4.78 is 6.09. The fourth-order valence-electron chi connectivity index (χ4n) is 4.75. The summed E-state index contributed by atoms with van der Waals surface area (Å²) in [4.78, 5) is 9.71. The van der Waals surface area contributed by atoms with E-state index in [2.05, 4.69) is 50.0 Å². The van der Waals surface area contributed by atoms with Crippen molar-refractivity contribution in [1.82, 2.24) is 15.1 Å². The van der Waals surface area contributed by atoms with Crippen molar-refractivity contribution in [1.29, 1.82) is 0 Å². The molecule has 0 aromatic rings. The highest BCUT2D eigenvalue weighted by Crippen LogP contribution is 2.47. The van der Waals surface area contributed by atoms with Crippen molar-refractivity contribution in [2.75, 3.05) is 46.8 Å². The smallest absolute Gasteiger partial charge is 0.193 e. The lowest BCUT2D eigenvalue weighted by Crippen LogP contribution is -2.42. The van der Waals surface area contributed by atoms with Gasteiger partial charge in [0.2, 0.25) is 0 Å². The van der Waals surface area contributed by atoms with Gasteiger partial charge in [-0.25, -0.2) is 0 Å². The Labute approximate surface area is 141 Å². The van der Waals surface area contributed by atoms with Gasteiger partial charge in [-0.05, 0) is 39.3 Å². The quantitative estimate of drug-likeness (QED) is 0.617. The summed E-state index contributed by atoms with van der Waals surface area (Å²) in [6.07, 6.45) is 3.57. The molecular weight excluding hydrogens is 288 g/mol. The number of ether oxygens (including phenoxy) is 1. The van der Waals surface area contributed by atoms with Gasteiger partial charge in [0.15, 0.2) is 5.96 Å². The van der Waals surface area contributed by atoms with Crippen molar-refractivity contribution in [3.63, 3.8) is 0 Å². The van der Waals surface area contributed by atoms with Gasteiger partial charge in [-0.3, -0.25) is 4.99 Å². The second-order valence-corrected chi connectivity index (χ2v) is 8.60. The zero-order valence-corrected chi connectivity index (χ0v) is 15.5. The van der Waals surface area contributed by atoms with E-state index in [9.17, 15) is 0 Å². The Morgan fingerprint density at radius 3 is 2.35 bits per heavy atom. The number of nitrogens with one attached hydrogen (secondary N) is 1. The molecule has 0 aromatic heterocycles. The fraction of sp³-hybridized carbons (Fsp3) is 0.944. The summed E-state index contributed by atoms with van der Waals surface area (Å²) in [5.74, 6) is 2.56. The van der Waals surface area contributed by atoms with Gasteiger partial charge in [-0.15, -0.1) is 0 Å². The standard InChI is InChI=1S/C18H34N4O/c1-6-19-17(20-11-18(2,3)12-21(4)5)22-9-13-14(10-22)16-8-7-15(13)23-16/h13-16H,6-12H2,1-5H3,(H,19,20). The third-order valence-electron chi connectivity index (χ3n) is 5.49. The Bertz CT molecular complexity index is 430. The van der Waals surface area contributed by atoms with Gasteiger partial charge in [-0.1, -0.05) is 13.8 Å². The van der Waals surface area contributed by atoms with Crippen LogP contribution in [0, 0.1) is 17.3 Å². The maximum atomic E-state index is 6.09. The van der Waals surface area contributed by atoms with Crippen LogP contribution in [0.5, 0.6) is 0 Å². The van der Waals surface area contributed by atoms with E-state index in [4.69, 9.17) is 9.73 Å². The van der Waals surface area contributed by atoms with Crippen molar-refractivity contribution in [3.05, 3.63) is 0 Å². The van der Waals surface area contributed by atoms with Gasteiger partial charge in [0, 0.05) is 44.6 Å². The first-order valence-electron chi connectivity index (χ1n) is 9.23. The van der Waals surface area contributed by atoms with Gasteiger partial charge in [0.05, 0.1) is 12.2 Å². The monoisotopic (exact) mass is 322 g/mol. The summed E-state index contributed by atoms with van der Waals surface area (Å²) >= 11 is 0. The summed E-state index contributed by atoms with van der Waals surface area (Å²) in [5, 5.41) is 3.51. The third-order valence-corrected chi connectivity index (χ3v) is 5.49. The van der Waals surface area contributed by atoms with Gasteiger partial charge in [-0.2, -0.15) is 0 Å². The Kier molecular flexibility index (Phi) is 4.88. The van der Waals surface area contributed by atoms with Crippen LogP contribution in [0.3, 0.4) is 0 Å². The average Bonchev–Trinajstić information content (AvgIpc) is 3.13. The first kappa shape index (κ1) is 17.0. The minimum Gasteiger partial charge on any atom is -0.374 e. The van der Waals surface area contributed by atoms with E-state index in [1.165, 1.54) is 12.8 Å². The molecule has 3 heterocycles.